The Balaban J connectivity index is 4.40. The number of hydrogen-bond donors (Lipinski definition) is 0. The number of ether oxygens (including phenoxy) is 2. The highest BCUT2D eigenvalue weighted by atomic mass is 16.5. The normalized spacial score (nSPS) is 14.1. The molecule has 0 rings (SSSR count). The van der Waals surface area contributed by atoms with Crippen LogP contribution in [0.15, 0.2) is 16.8 Å². The Morgan fingerprint density at radius 2 is 1.89 bits per heavy atom. The van der Waals surface area contributed by atoms with Gasteiger partial charge in [-0.3, -0.25) is 4.99 Å². The minimum Gasteiger partial charge on any atom is -0.382 e. The van der Waals surface area contributed by atoms with E-state index in [1.807, 2.05) is 6.20 Å². The fourth-order valence-corrected chi connectivity index (χ4v) is 1.18. The largest absolute Gasteiger partial charge is 0.382 e. The molecule has 0 aromatic heterocycles. The molecule has 0 heterocycles. The molecule has 0 spiro atoms. The van der Waals surface area contributed by atoms with Crippen LogP contribution in [0.2, 0.25) is 0 Å². The molecule has 0 N–H and O–H groups in total. The van der Waals surface area contributed by atoms with Gasteiger partial charge in [0.2, 0.25) is 0 Å². The molecule has 3 nitrogen and oxygen atoms in total. The van der Waals surface area contributed by atoms with Crippen molar-refractivity contribution in [2.75, 3.05) is 26.9 Å². The lowest BCUT2D eigenvalue weighted by atomic mass is 9.88. The first kappa shape index (κ1) is 17.3. The van der Waals surface area contributed by atoms with Gasteiger partial charge in [0.1, 0.15) is 0 Å². The third-order valence-electron chi connectivity index (χ3n) is 2.86. The number of methoxy groups -OCH3 is 1. The van der Waals surface area contributed by atoms with Crippen molar-refractivity contribution in [2.45, 2.75) is 47.5 Å². The number of hydrogen-bond acceptors (Lipinski definition) is 3. The Morgan fingerprint density at radius 1 is 1.22 bits per heavy atom. The fourth-order valence-electron chi connectivity index (χ4n) is 1.18. The SMILES string of the molecule is CCCC(COCCOC)=N/C=C(\C)C(C)(C)C. The lowest BCUT2D eigenvalue weighted by molar-refractivity contribution is 0.0895. The van der Waals surface area contributed by atoms with Crippen molar-refractivity contribution >= 4 is 5.71 Å². The van der Waals surface area contributed by atoms with Gasteiger partial charge in [0.05, 0.1) is 19.8 Å². The molecule has 0 saturated carbocycles. The van der Waals surface area contributed by atoms with Crippen LogP contribution in [0.25, 0.3) is 0 Å². The van der Waals surface area contributed by atoms with Crippen molar-refractivity contribution in [3.05, 3.63) is 11.8 Å². The zero-order chi connectivity index (χ0) is 14.0. The molecular formula is C15H29NO2. The van der Waals surface area contributed by atoms with Crippen LogP contribution in [0.3, 0.4) is 0 Å². The van der Waals surface area contributed by atoms with Gasteiger partial charge in [-0.2, -0.15) is 0 Å². The molecule has 0 amide bonds. The highest BCUT2D eigenvalue weighted by Gasteiger charge is 2.11. The molecule has 3 heteroatoms. The fraction of sp³-hybridized carbons (Fsp3) is 0.800. The summed E-state index contributed by atoms with van der Waals surface area (Å²) in [5.41, 5.74) is 2.57. The summed E-state index contributed by atoms with van der Waals surface area (Å²) in [6.45, 7) is 12.7. The summed E-state index contributed by atoms with van der Waals surface area (Å²) in [5, 5.41) is 0. The molecule has 0 saturated heterocycles. The second-order valence-electron chi connectivity index (χ2n) is 5.55. The van der Waals surface area contributed by atoms with Crippen LogP contribution in [0, 0.1) is 5.41 Å². The van der Waals surface area contributed by atoms with Crippen molar-refractivity contribution in [2.24, 2.45) is 10.4 Å². The maximum absolute atomic E-state index is 5.52. The van der Waals surface area contributed by atoms with Gasteiger partial charge < -0.3 is 9.47 Å². The lowest BCUT2D eigenvalue weighted by Crippen LogP contribution is -2.12. The molecule has 0 aliphatic heterocycles. The predicted molar refractivity (Wildman–Crippen MR) is 78.3 cm³/mol. The predicted octanol–water partition coefficient (Wildman–Crippen LogP) is 3.84. The maximum Gasteiger partial charge on any atom is 0.0849 e. The van der Waals surface area contributed by atoms with Crippen molar-refractivity contribution < 1.29 is 9.47 Å². The first-order chi connectivity index (χ1) is 8.41. The summed E-state index contributed by atoms with van der Waals surface area (Å²) in [5.74, 6) is 0. The van der Waals surface area contributed by atoms with E-state index in [1.165, 1.54) is 5.57 Å². The summed E-state index contributed by atoms with van der Waals surface area (Å²) in [6, 6.07) is 0. The Morgan fingerprint density at radius 3 is 2.39 bits per heavy atom. The number of nitrogens with zero attached hydrogens (tertiary/aromatic N) is 1. The molecule has 0 aliphatic rings. The first-order valence-electron chi connectivity index (χ1n) is 6.71. The van der Waals surface area contributed by atoms with Gasteiger partial charge in [-0.1, -0.05) is 34.1 Å². The van der Waals surface area contributed by atoms with Gasteiger partial charge in [-0.05, 0) is 24.3 Å². The van der Waals surface area contributed by atoms with Crippen LogP contribution in [-0.4, -0.2) is 32.6 Å². The summed E-state index contributed by atoms with van der Waals surface area (Å²) in [6.07, 6.45) is 4.06. The van der Waals surface area contributed by atoms with Crippen molar-refractivity contribution in [3.8, 4) is 0 Å². The van der Waals surface area contributed by atoms with Gasteiger partial charge in [-0.25, -0.2) is 0 Å². The van der Waals surface area contributed by atoms with Crippen LogP contribution in [0.5, 0.6) is 0 Å². The van der Waals surface area contributed by atoms with E-state index in [1.54, 1.807) is 7.11 Å². The van der Waals surface area contributed by atoms with Gasteiger partial charge in [0, 0.05) is 19.0 Å². The molecule has 106 valence electrons. The van der Waals surface area contributed by atoms with E-state index < -0.39 is 0 Å². The zero-order valence-corrected chi connectivity index (χ0v) is 12.9. The Bertz CT molecular complexity index is 275. The van der Waals surface area contributed by atoms with Gasteiger partial charge in [0.25, 0.3) is 0 Å². The minimum atomic E-state index is 0.178. The summed E-state index contributed by atoms with van der Waals surface area (Å²) in [4.78, 5) is 4.57. The quantitative estimate of drug-likeness (QED) is 0.487. The standard InChI is InChI=1S/C15H29NO2/c1-7-8-14(12-18-10-9-17-6)16-11-13(2)15(3,4)5/h11H,7-10,12H2,1-6H3/b13-11+,16-14?. The van der Waals surface area contributed by atoms with Crippen LogP contribution in [-0.2, 0) is 9.47 Å². The highest BCUT2D eigenvalue weighted by Crippen LogP contribution is 2.24. The Kier molecular flexibility index (Phi) is 8.94. The number of rotatable bonds is 8. The maximum atomic E-state index is 5.52. The third kappa shape index (κ3) is 8.43. The van der Waals surface area contributed by atoms with E-state index >= 15 is 0 Å². The van der Waals surface area contributed by atoms with E-state index in [4.69, 9.17) is 9.47 Å². The summed E-state index contributed by atoms with van der Waals surface area (Å²) < 4.78 is 10.5. The topological polar surface area (TPSA) is 30.8 Å². The highest BCUT2D eigenvalue weighted by molar-refractivity contribution is 5.86. The molecule has 18 heavy (non-hydrogen) atoms. The second kappa shape index (κ2) is 9.29. The monoisotopic (exact) mass is 255 g/mol. The number of allylic oxidation sites excluding steroid dienone is 1. The van der Waals surface area contributed by atoms with Gasteiger partial charge in [-0.15, -0.1) is 0 Å². The van der Waals surface area contributed by atoms with Crippen molar-refractivity contribution in [1.82, 2.24) is 0 Å². The third-order valence-corrected chi connectivity index (χ3v) is 2.86. The van der Waals surface area contributed by atoms with Crippen LogP contribution in [0.4, 0.5) is 0 Å². The zero-order valence-electron chi connectivity index (χ0n) is 12.9. The summed E-state index contributed by atoms with van der Waals surface area (Å²) in [7, 11) is 1.68. The molecular weight excluding hydrogens is 226 g/mol. The minimum absolute atomic E-state index is 0.178. The van der Waals surface area contributed by atoms with E-state index in [-0.39, 0.29) is 5.41 Å². The van der Waals surface area contributed by atoms with Gasteiger partial charge >= 0.3 is 0 Å². The lowest BCUT2D eigenvalue weighted by Gasteiger charge is -2.18. The van der Waals surface area contributed by atoms with E-state index in [0.29, 0.717) is 19.8 Å². The number of aliphatic imine (C=N–C) groups is 1. The smallest absolute Gasteiger partial charge is 0.0849 e. The molecule has 0 unspecified atom stereocenters. The van der Waals surface area contributed by atoms with Crippen molar-refractivity contribution in [1.29, 1.82) is 0 Å². The second-order valence-corrected chi connectivity index (χ2v) is 5.55. The molecule has 0 fully saturated rings. The average molecular weight is 255 g/mol. The van der Waals surface area contributed by atoms with E-state index in [0.717, 1.165) is 18.6 Å². The van der Waals surface area contributed by atoms with E-state index in [9.17, 15) is 0 Å². The van der Waals surface area contributed by atoms with E-state index in [2.05, 4.69) is 39.6 Å². The van der Waals surface area contributed by atoms with Crippen molar-refractivity contribution in [3.63, 3.8) is 0 Å². The molecule has 0 atom stereocenters. The molecule has 0 aromatic rings. The van der Waals surface area contributed by atoms with Crippen LogP contribution in [0.1, 0.15) is 47.5 Å². The Hall–Kier alpha value is -0.670. The molecule has 0 aliphatic carbocycles. The van der Waals surface area contributed by atoms with Crippen LogP contribution < -0.4 is 0 Å². The molecule has 0 radical (unpaired) electrons. The molecule has 0 bridgehead atoms. The summed E-state index contributed by atoms with van der Waals surface area (Å²) >= 11 is 0. The van der Waals surface area contributed by atoms with Gasteiger partial charge in [0.15, 0.2) is 0 Å². The van der Waals surface area contributed by atoms with Crippen LogP contribution >= 0.6 is 0 Å². The average Bonchev–Trinajstić information content (AvgIpc) is 2.29. The Labute approximate surface area is 112 Å². The first-order valence-corrected chi connectivity index (χ1v) is 6.71. The molecule has 0 aromatic carbocycles.